The summed E-state index contributed by atoms with van der Waals surface area (Å²) in [7, 11) is 0. The molecule has 0 spiro atoms. The average molecular weight is 427 g/mol. The normalized spacial score (nSPS) is 12.0. The van der Waals surface area contributed by atoms with Crippen LogP contribution in [0.5, 0.6) is 5.75 Å². The van der Waals surface area contributed by atoms with Crippen LogP contribution >= 0.6 is 23.2 Å². The third-order valence-corrected chi connectivity index (χ3v) is 4.73. The van der Waals surface area contributed by atoms with Gasteiger partial charge >= 0.3 is 0 Å². The van der Waals surface area contributed by atoms with Crippen LogP contribution in [-0.2, 0) is 4.79 Å². The number of fused-ring (bicyclic) bond motifs is 1. The van der Waals surface area contributed by atoms with E-state index in [-0.39, 0.29) is 5.91 Å². The SMILES string of the molecule is C[C@@H](Oc1ccc(Cl)cc1Cl)C(=O)Nc1ccc2nn(-c3ccccc3)nc2c1. The Morgan fingerprint density at radius 3 is 2.52 bits per heavy atom. The number of hydrogen-bond acceptors (Lipinski definition) is 4. The van der Waals surface area contributed by atoms with E-state index < -0.39 is 6.10 Å². The van der Waals surface area contributed by atoms with Gasteiger partial charge < -0.3 is 10.1 Å². The summed E-state index contributed by atoms with van der Waals surface area (Å²) >= 11 is 12.0. The van der Waals surface area contributed by atoms with E-state index in [1.54, 1.807) is 48.1 Å². The molecular formula is C21H16Cl2N4O2. The molecule has 1 N–H and O–H groups in total. The van der Waals surface area contributed by atoms with E-state index in [9.17, 15) is 4.79 Å². The van der Waals surface area contributed by atoms with Gasteiger partial charge in [-0.3, -0.25) is 4.79 Å². The molecule has 0 aliphatic rings. The Balaban J connectivity index is 1.48. The molecule has 6 nitrogen and oxygen atoms in total. The minimum absolute atomic E-state index is 0.314. The molecule has 1 atom stereocenters. The molecular weight excluding hydrogens is 411 g/mol. The number of halogens is 2. The average Bonchev–Trinajstić information content (AvgIpc) is 3.14. The molecule has 1 heterocycles. The molecule has 3 aromatic carbocycles. The fraction of sp³-hybridized carbons (Fsp3) is 0.0952. The number of carbonyl (C=O) groups is 1. The number of rotatable bonds is 5. The van der Waals surface area contributed by atoms with Crippen molar-refractivity contribution in [3.05, 3.63) is 76.8 Å². The monoisotopic (exact) mass is 426 g/mol. The minimum atomic E-state index is -0.760. The maximum absolute atomic E-state index is 12.5. The van der Waals surface area contributed by atoms with Crippen LogP contribution in [0, 0.1) is 0 Å². The molecule has 0 saturated heterocycles. The first-order valence-corrected chi connectivity index (χ1v) is 9.60. The van der Waals surface area contributed by atoms with Crippen LogP contribution in [0.25, 0.3) is 16.7 Å². The molecule has 29 heavy (non-hydrogen) atoms. The number of nitrogens with one attached hydrogen (secondary N) is 1. The van der Waals surface area contributed by atoms with Crippen molar-refractivity contribution in [2.45, 2.75) is 13.0 Å². The van der Waals surface area contributed by atoms with Crippen molar-refractivity contribution in [3.8, 4) is 11.4 Å². The predicted octanol–water partition coefficient (Wildman–Crippen LogP) is 5.13. The van der Waals surface area contributed by atoms with E-state index in [2.05, 4.69) is 15.5 Å². The molecule has 1 aromatic heterocycles. The summed E-state index contributed by atoms with van der Waals surface area (Å²) in [5.74, 6) is 0.0748. The summed E-state index contributed by atoms with van der Waals surface area (Å²) in [5, 5.41) is 12.6. The van der Waals surface area contributed by atoms with Gasteiger partial charge in [-0.2, -0.15) is 4.80 Å². The lowest BCUT2D eigenvalue weighted by Gasteiger charge is -2.15. The first kappa shape index (κ1) is 19.2. The fourth-order valence-corrected chi connectivity index (χ4v) is 3.18. The Hall–Kier alpha value is -3.09. The highest BCUT2D eigenvalue weighted by Crippen LogP contribution is 2.28. The van der Waals surface area contributed by atoms with Crippen LogP contribution in [-0.4, -0.2) is 27.0 Å². The Bertz CT molecular complexity index is 1180. The van der Waals surface area contributed by atoms with Crippen molar-refractivity contribution in [3.63, 3.8) is 0 Å². The van der Waals surface area contributed by atoms with E-state index in [4.69, 9.17) is 27.9 Å². The number of amides is 1. The number of anilines is 1. The second-order valence-electron chi connectivity index (χ2n) is 6.35. The first-order chi connectivity index (χ1) is 14.0. The largest absolute Gasteiger partial charge is 0.479 e. The Labute approximate surface area is 177 Å². The van der Waals surface area contributed by atoms with Gasteiger partial charge in [0, 0.05) is 10.7 Å². The van der Waals surface area contributed by atoms with E-state index in [1.807, 2.05) is 30.3 Å². The molecule has 146 valence electrons. The van der Waals surface area contributed by atoms with Crippen molar-refractivity contribution in [2.24, 2.45) is 0 Å². The Morgan fingerprint density at radius 1 is 1.00 bits per heavy atom. The van der Waals surface area contributed by atoms with Crippen LogP contribution in [0.4, 0.5) is 5.69 Å². The van der Waals surface area contributed by atoms with Gasteiger partial charge in [0.05, 0.1) is 10.7 Å². The van der Waals surface area contributed by atoms with Gasteiger partial charge in [0.1, 0.15) is 16.8 Å². The van der Waals surface area contributed by atoms with E-state index in [0.29, 0.717) is 27.0 Å². The summed E-state index contributed by atoms with van der Waals surface area (Å²) in [4.78, 5) is 14.1. The van der Waals surface area contributed by atoms with Gasteiger partial charge in [-0.15, -0.1) is 10.2 Å². The summed E-state index contributed by atoms with van der Waals surface area (Å²) in [6.07, 6.45) is -0.760. The molecule has 0 radical (unpaired) electrons. The summed E-state index contributed by atoms with van der Waals surface area (Å²) < 4.78 is 5.65. The van der Waals surface area contributed by atoms with Gasteiger partial charge in [-0.25, -0.2) is 0 Å². The number of hydrogen-bond donors (Lipinski definition) is 1. The zero-order valence-corrected chi connectivity index (χ0v) is 16.9. The van der Waals surface area contributed by atoms with Crippen molar-refractivity contribution < 1.29 is 9.53 Å². The van der Waals surface area contributed by atoms with Crippen LogP contribution in [0.2, 0.25) is 10.0 Å². The maximum atomic E-state index is 12.5. The molecule has 0 saturated carbocycles. The Morgan fingerprint density at radius 2 is 1.76 bits per heavy atom. The molecule has 4 aromatic rings. The highest BCUT2D eigenvalue weighted by molar-refractivity contribution is 6.35. The van der Waals surface area contributed by atoms with Crippen LogP contribution in [0.1, 0.15) is 6.92 Å². The van der Waals surface area contributed by atoms with Crippen molar-refractivity contribution >= 4 is 45.8 Å². The van der Waals surface area contributed by atoms with Crippen LogP contribution in [0.15, 0.2) is 66.7 Å². The lowest BCUT2D eigenvalue weighted by molar-refractivity contribution is -0.122. The van der Waals surface area contributed by atoms with Crippen molar-refractivity contribution in [1.82, 2.24) is 15.0 Å². The third-order valence-electron chi connectivity index (χ3n) is 4.20. The van der Waals surface area contributed by atoms with Gasteiger partial charge in [0.25, 0.3) is 5.91 Å². The van der Waals surface area contributed by atoms with Crippen molar-refractivity contribution in [2.75, 3.05) is 5.32 Å². The lowest BCUT2D eigenvalue weighted by atomic mass is 10.2. The highest BCUT2D eigenvalue weighted by Gasteiger charge is 2.17. The van der Waals surface area contributed by atoms with E-state index >= 15 is 0 Å². The number of para-hydroxylation sites is 1. The Kier molecular flexibility index (Phi) is 5.38. The summed E-state index contributed by atoms with van der Waals surface area (Å²) in [5.41, 5.74) is 2.85. The van der Waals surface area contributed by atoms with Gasteiger partial charge in [-0.05, 0) is 55.5 Å². The van der Waals surface area contributed by atoms with Gasteiger partial charge in [0.15, 0.2) is 6.10 Å². The maximum Gasteiger partial charge on any atom is 0.265 e. The third kappa shape index (κ3) is 4.34. The van der Waals surface area contributed by atoms with Gasteiger partial charge in [0.2, 0.25) is 0 Å². The quantitative estimate of drug-likeness (QED) is 0.479. The van der Waals surface area contributed by atoms with Crippen LogP contribution in [0.3, 0.4) is 0 Å². The molecule has 0 aliphatic heterocycles. The lowest BCUT2D eigenvalue weighted by Crippen LogP contribution is -2.30. The zero-order chi connectivity index (χ0) is 20.4. The van der Waals surface area contributed by atoms with Gasteiger partial charge in [-0.1, -0.05) is 41.4 Å². The number of nitrogens with zero attached hydrogens (tertiary/aromatic N) is 3. The van der Waals surface area contributed by atoms with E-state index in [1.165, 1.54) is 0 Å². The number of benzene rings is 3. The topological polar surface area (TPSA) is 69.0 Å². The number of carbonyl (C=O) groups excluding carboxylic acids is 1. The summed E-state index contributed by atoms with van der Waals surface area (Å²) in [6, 6.07) is 19.8. The summed E-state index contributed by atoms with van der Waals surface area (Å²) in [6.45, 7) is 1.64. The predicted molar refractivity (Wildman–Crippen MR) is 114 cm³/mol. The fourth-order valence-electron chi connectivity index (χ4n) is 2.73. The van der Waals surface area contributed by atoms with E-state index in [0.717, 1.165) is 11.2 Å². The molecule has 4 rings (SSSR count). The number of ether oxygens (including phenoxy) is 1. The molecule has 8 heteroatoms. The second kappa shape index (κ2) is 8.11. The molecule has 1 amide bonds. The van der Waals surface area contributed by atoms with Crippen molar-refractivity contribution in [1.29, 1.82) is 0 Å². The smallest absolute Gasteiger partial charge is 0.265 e. The second-order valence-corrected chi connectivity index (χ2v) is 7.20. The molecule has 0 bridgehead atoms. The minimum Gasteiger partial charge on any atom is -0.479 e. The van der Waals surface area contributed by atoms with Crippen LogP contribution < -0.4 is 10.1 Å². The first-order valence-electron chi connectivity index (χ1n) is 8.85. The molecule has 0 fully saturated rings. The number of aromatic nitrogens is 3. The highest BCUT2D eigenvalue weighted by atomic mass is 35.5. The zero-order valence-electron chi connectivity index (χ0n) is 15.3. The molecule has 0 aliphatic carbocycles. The standard InChI is InChI=1S/C21H16Cl2N4O2/c1-13(29-20-10-7-14(22)11-17(20)23)21(28)24-15-8-9-18-19(12-15)26-27(25-18)16-5-3-2-4-6-16/h2-13H,1H3,(H,24,28)/t13-/m1/s1. The molecule has 0 unspecified atom stereocenters.